The molecule has 0 aromatic carbocycles. The molecule has 0 saturated carbocycles. The zero-order chi connectivity index (χ0) is 12.8. The second-order valence-corrected chi connectivity index (χ2v) is 4.37. The molecule has 5 nitrogen and oxygen atoms in total. The molecule has 0 amide bonds. The minimum Gasteiger partial charge on any atom is -0.545 e. The zero-order valence-electron chi connectivity index (χ0n) is 10.0. The number of allylic oxidation sites excluding steroid dienone is 1. The third-order valence-electron chi connectivity index (χ3n) is 1.80. The lowest BCUT2D eigenvalue weighted by Gasteiger charge is -2.04. The number of aliphatic carboxylic acids is 1. The molecule has 1 aromatic heterocycles. The molecule has 0 spiro atoms. The number of carboxylic acid groups (broad SMARTS) is 1. The Labute approximate surface area is 104 Å². The fraction of sp³-hybridized carbons (Fsp3) is 0.364. The molecule has 1 heterocycles. The Morgan fingerprint density at radius 3 is 2.88 bits per heavy atom. The summed E-state index contributed by atoms with van der Waals surface area (Å²) in [5.41, 5.74) is 0.526. The number of aliphatic imine (C=N–C) groups is 1. The Bertz CT molecular complexity index is 449. The average molecular weight is 252 g/mol. The summed E-state index contributed by atoms with van der Waals surface area (Å²) in [6.07, 6.45) is 3.83. The molecule has 0 N–H and O–H groups in total. The number of aromatic nitrogens is 1. The van der Waals surface area contributed by atoms with Gasteiger partial charge in [0.1, 0.15) is 0 Å². The van der Waals surface area contributed by atoms with Crippen LogP contribution in [0, 0.1) is 0 Å². The average Bonchev–Trinajstić information content (AvgIpc) is 2.71. The molecular formula is C11H14N3O2S-. The minimum absolute atomic E-state index is 0.120. The standard InChI is InChI=1S/C11H15N3O2S/c1-4-5-8(10(15)16)9-6-17-11(13-9)12-7-14(2)3/h5-7H,4H2,1-3H3,(H,15,16)/p-1/b8-5-,12-7+. The van der Waals surface area contributed by atoms with Crippen molar-refractivity contribution in [1.82, 2.24) is 9.88 Å². The van der Waals surface area contributed by atoms with E-state index in [1.165, 1.54) is 11.3 Å². The van der Waals surface area contributed by atoms with Gasteiger partial charge in [-0.05, 0) is 6.42 Å². The highest BCUT2D eigenvalue weighted by Crippen LogP contribution is 2.23. The molecule has 92 valence electrons. The molecule has 0 atom stereocenters. The minimum atomic E-state index is -1.21. The van der Waals surface area contributed by atoms with E-state index >= 15 is 0 Å². The molecule has 0 radical (unpaired) electrons. The quantitative estimate of drug-likeness (QED) is 0.444. The Morgan fingerprint density at radius 1 is 1.65 bits per heavy atom. The lowest BCUT2D eigenvalue weighted by Crippen LogP contribution is -2.23. The van der Waals surface area contributed by atoms with Crippen molar-refractivity contribution in [2.24, 2.45) is 4.99 Å². The van der Waals surface area contributed by atoms with Crippen LogP contribution in [0.2, 0.25) is 0 Å². The van der Waals surface area contributed by atoms with Gasteiger partial charge in [0.2, 0.25) is 5.13 Å². The number of carbonyl (C=O) groups excluding carboxylic acids is 1. The number of carboxylic acids is 1. The predicted molar refractivity (Wildman–Crippen MR) is 67.2 cm³/mol. The van der Waals surface area contributed by atoms with Gasteiger partial charge in [-0.25, -0.2) is 9.98 Å². The molecule has 0 saturated heterocycles. The maximum atomic E-state index is 10.9. The van der Waals surface area contributed by atoms with Crippen LogP contribution in [-0.2, 0) is 4.79 Å². The van der Waals surface area contributed by atoms with Gasteiger partial charge in [0, 0.05) is 25.0 Å². The smallest absolute Gasteiger partial charge is 0.211 e. The molecule has 1 aromatic rings. The first kappa shape index (κ1) is 13.4. The van der Waals surface area contributed by atoms with Crippen molar-refractivity contribution >= 4 is 34.3 Å². The molecule has 0 aliphatic heterocycles. The highest BCUT2D eigenvalue weighted by Gasteiger charge is 2.07. The van der Waals surface area contributed by atoms with Gasteiger partial charge in [-0.15, -0.1) is 11.3 Å². The predicted octanol–water partition coefficient (Wildman–Crippen LogP) is 0.908. The first-order valence-corrected chi connectivity index (χ1v) is 6.00. The summed E-state index contributed by atoms with van der Waals surface area (Å²) >= 11 is 1.30. The number of nitrogens with zero attached hydrogens (tertiary/aromatic N) is 3. The van der Waals surface area contributed by atoms with E-state index in [0.717, 1.165) is 0 Å². The molecule has 0 bridgehead atoms. The van der Waals surface area contributed by atoms with E-state index in [2.05, 4.69) is 9.98 Å². The molecule has 6 heteroatoms. The van der Waals surface area contributed by atoms with Crippen LogP contribution in [0.5, 0.6) is 0 Å². The van der Waals surface area contributed by atoms with Gasteiger partial charge in [-0.2, -0.15) is 0 Å². The van der Waals surface area contributed by atoms with Crippen LogP contribution in [0.25, 0.3) is 5.57 Å². The summed E-state index contributed by atoms with van der Waals surface area (Å²) in [5, 5.41) is 13.1. The van der Waals surface area contributed by atoms with E-state index in [4.69, 9.17) is 0 Å². The van der Waals surface area contributed by atoms with Gasteiger partial charge in [-0.3, -0.25) is 0 Å². The second kappa shape index (κ2) is 6.15. The van der Waals surface area contributed by atoms with Gasteiger partial charge in [0.05, 0.1) is 18.0 Å². The summed E-state index contributed by atoms with van der Waals surface area (Å²) in [6.45, 7) is 1.86. The first-order chi connectivity index (χ1) is 8.04. The summed E-state index contributed by atoms with van der Waals surface area (Å²) in [6, 6.07) is 0. The Morgan fingerprint density at radius 2 is 2.35 bits per heavy atom. The lowest BCUT2D eigenvalue weighted by molar-refractivity contribution is -0.295. The summed E-state index contributed by atoms with van der Waals surface area (Å²) in [7, 11) is 3.70. The van der Waals surface area contributed by atoms with E-state index in [1.807, 2.05) is 21.0 Å². The van der Waals surface area contributed by atoms with Crippen molar-refractivity contribution < 1.29 is 9.90 Å². The lowest BCUT2D eigenvalue weighted by atomic mass is 10.2. The van der Waals surface area contributed by atoms with Crippen molar-refractivity contribution in [1.29, 1.82) is 0 Å². The second-order valence-electron chi connectivity index (χ2n) is 3.54. The number of hydrogen-bond acceptors (Lipinski definition) is 5. The summed E-state index contributed by atoms with van der Waals surface area (Å²) in [4.78, 5) is 20.9. The summed E-state index contributed by atoms with van der Waals surface area (Å²) < 4.78 is 0. The molecule has 0 unspecified atom stereocenters. The van der Waals surface area contributed by atoms with E-state index in [-0.39, 0.29) is 5.57 Å². The molecule has 1 rings (SSSR count). The fourth-order valence-electron chi connectivity index (χ4n) is 1.11. The van der Waals surface area contributed by atoms with Crippen LogP contribution in [0.15, 0.2) is 16.4 Å². The van der Waals surface area contributed by atoms with Gasteiger partial charge in [0.15, 0.2) is 0 Å². The van der Waals surface area contributed by atoms with Gasteiger partial charge >= 0.3 is 0 Å². The Kier molecular flexibility index (Phi) is 4.84. The van der Waals surface area contributed by atoms with Crippen molar-refractivity contribution in [3.8, 4) is 0 Å². The summed E-state index contributed by atoms with van der Waals surface area (Å²) in [5.74, 6) is -1.21. The van der Waals surface area contributed by atoms with E-state index in [0.29, 0.717) is 17.2 Å². The zero-order valence-corrected chi connectivity index (χ0v) is 10.8. The molecule has 0 fully saturated rings. The maximum absolute atomic E-state index is 10.9. The first-order valence-electron chi connectivity index (χ1n) is 5.12. The topological polar surface area (TPSA) is 68.6 Å². The van der Waals surface area contributed by atoms with Crippen molar-refractivity contribution in [3.63, 3.8) is 0 Å². The molecular weight excluding hydrogens is 238 g/mol. The van der Waals surface area contributed by atoms with Gasteiger partial charge < -0.3 is 14.8 Å². The van der Waals surface area contributed by atoms with E-state index in [9.17, 15) is 9.90 Å². The largest absolute Gasteiger partial charge is 0.545 e. The fourth-order valence-corrected chi connectivity index (χ4v) is 1.76. The molecule has 0 aliphatic rings. The Balaban J connectivity index is 2.93. The maximum Gasteiger partial charge on any atom is 0.211 e. The molecule has 17 heavy (non-hydrogen) atoms. The third-order valence-corrected chi connectivity index (χ3v) is 2.54. The number of rotatable bonds is 5. The van der Waals surface area contributed by atoms with Crippen molar-refractivity contribution in [2.75, 3.05) is 14.1 Å². The van der Waals surface area contributed by atoms with E-state index in [1.54, 1.807) is 22.7 Å². The van der Waals surface area contributed by atoms with Gasteiger partial charge in [0.25, 0.3) is 0 Å². The van der Waals surface area contributed by atoms with Gasteiger partial charge in [-0.1, -0.05) is 13.0 Å². The van der Waals surface area contributed by atoms with Crippen molar-refractivity contribution in [3.05, 3.63) is 17.2 Å². The number of thiazole rings is 1. The highest BCUT2D eigenvalue weighted by molar-refractivity contribution is 7.13. The number of hydrogen-bond donors (Lipinski definition) is 0. The van der Waals surface area contributed by atoms with Crippen molar-refractivity contribution in [2.45, 2.75) is 13.3 Å². The highest BCUT2D eigenvalue weighted by atomic mass is 32.1. The van der Waals surface area contributed by atoms with Crippen LogP contribution < -0.4 is 5.11 Å². The third kappa shape index (κ3) is 3.99. The normalized spacial score (nSPS) is 12.1. The number of carbonyl (C=O) groups is 1. The van der Waals surface area contributed by atoms with Crippen LogP contribution in [0.1, 0.15) is 19.0 Å². The van der Waals surface area contributed by atoms with Crippen LogP contribution in [0.3, 0.4) is 0 Å². The molecule has 0 aliphatic carbocycles. The SMILES string of the molecule is CC/C=C(\C(=O)[O-])c1csc(/N=C/N(C)C)n1. The van der Waals surface area contributed by atoms with Crippen LogP contribution in [0.4, 0.5) is 5.13 Å². The van der Waals surface area contributed by atoms with Crippen LogP contribution >= 0.6 is 11.3 Å². The monoisotopic (exact) mass is 252 g/mol. The van der Waals surface area contributed by atoms with Crippen LogP contribution in [-0.4, -0.2) is 36.3 Å². The Hall–Kier alpha value is -1.69. The van der Waals surface area contributed by atoms with E-state index < -0.39 is 5.97 Å².